The monoisotopic (exact) mass is 267 g/mol. The largest absolute Gasteiger partial charge is 0.486 e. The van der Waals surface area contributed by atoms with Crippen LogP contribution >= 0.6 is 0 Å². The van der Waals surface area contributed by atoms with Crippen molar-refractivity contribution >= 4 is 5.69 Å². The van der Waals surface area contributed by atoms with Crippen molar-refractivity contribution in [2.75, 3.05) is 32.2 Å². The van der Waals surface area contributed by atoms with Crippen molar-refractivity contribution in [1.82, 2.24) is 0 Å². The molecule has 0 bridgehead atoms. The summed E-state index contributed by atoms with van der Waals surface area (Å²) in [5.41, 5.74) is 7.55. The fourth-order valence-corrected chi connectivity index (χ4v) is 1.84. The molecule has 0 saturated carbocycles. The number of hydrogen-bond donors (Lipinski definition) is 1. The van der Waals surface area contributed by atoms with Crippen LogP contribution in [0.2, 0.25) is 0 Å². The van der Waals surface area contributed by atoms with Gasteiger partial charge in [0.15, 0.2) is 11.5 Å². The Balaban J connectivity index is 1.96. The maximum Gasteiger partial charge on any atom is 0.163 e. The average molecular weight is 267 g/mol. The molecule has 19 heavy (non-hydrogen) atoms. The third-order valence-corrected chi connectivity index (χ3v) is 2.88. The Kier molecular flexibility index (Phi) is 4.87. The molecule has 0 spiro atoms. The summed E-state index contributed by atoms with van der Waals surface area (Å²) in [6.07, 6.45) is 0.0348. The van der Waals surface area contributed by atoms with Crippen LogP contribution in [0.5, 0.6) is 11.5 Å². The van der Waals surface area contributed by atoms with Crippen molar-refractivity contribution in [1.29, 1.82) is 0 Å². The van der Waals surface area contributed by atoms with E-state index in [-0.39, 0.29) is 6.10 Å². The van der Waals surface area contributed by atoms with E-state index in [2.05, 4.69) is 0 Å². The third-order valence-electron chi connectivity index (χ3n) is 2.88. The van der Waals surface area contributed by atoms with Crippen LogP contribution < -0.4 is 15.2 Å². The zero-order valence-corrected chi connectivity index (χ0v) is 11.5. The van der Waals surface area contributed by atoms with Crippen LogP contribution in [0.3, 0.4) is 0 Å². The predicted octanol–water partition coefficient (Wildman–Crippen LogP) is 1.98. The van der Waals surface area contributed by atoms with Gasteiger partial charge in [-0.25, -0.2) is 0 Å². The molecule has 5 nitrogen and oxygen atoms in total. The minimum absolute atomic E-state index is 0.0348. The maximum absolute atomic E-state index is 5.98. The van der Waals surface area contributed by atoms with E-state index in [4.69, 9.17) is 24.7 Å². The van der Waals surface area contributed by atoms with Crippen LogP contribution in [0, 0.1) is 0 Å². The number of rotatable bonds is 6. The summed E-state index contributed by atoms with van der Waals surface area (Å²) in [5.74, 6) is 1.44. The Labute approximate surface area is 113 Å². The molecule has 0 amide bonds. The first-order chi connectivity index (χ1) is 9.20. The molecule has 2 N–H and O–H groups in total. The van der Waals surface area contributed by atoms with Gasteiger partial charge in [-0.3, -0.25) is 0 Å². The van der Waals surface area contributed by atoms with Crippen LogP contribution in [0.15, 0.2) is 12.1 Å². The Hall–Kier alpha value is -1.46. The fourth-order valence-electron chi connectivity index (χ4n) is 1.84. The number of ether oxygens (including phenoxy) is 4. The number of nitrogens with two attached hydrogens (primary N) is 1. The molecule has 0 aromatic heterocycles. The van der Waals surface area contributed by atoms with Gasteiger partial charge in [0.2, 0.25) is 0 Å². The first kappa shape index (κ1) is 14.0. The summed E-state index contributed by atoms with van der Waals surface area (Å²) in [6.45, 7) is 6.79. The zero-order chi connectivity index (χ0) is 13.7. The first-order valence-electron chi connectivity index (χ1n) is 6.58. The third kappa shape index (κ3) is 3.75. The molecule has 1 atom stereocenters. The molecule has 1 heterocycles. The molecule has 1 aromatic carbocycles. The van der Waals surface area contributed by atoms with Crippen LogP contribution in [0.25, 0.3) is 0 Å². The Morgan fingerprint density at radius 1 is 1.26 bits per heavy atom. The quantitative estimate of drug-likeness (QED) is 0.798. The summed E-state index contributed by atoms with van der Waals surface area (Å²) in [6, 6.07) is 3.68. The molecule has 1 aliphatic heterocycles. The molecule has 1 aromatic rings. The molecule has 1 unspecified atom stereocenters. The molecule has 1 aliphatic rings. The van der Waals surface area contributed by atoms with Crippen LogP contribution in [0.4, 0.5) is 5.69 Å². The molecule has 2 rings (SSSR count). The Morgan fingerprint density at radius 3 is 2.63 bits per heavy atom. The van der Waals surface area contributed by atoms with Gasteiger partial charge in [0.25, 0.3) is 0 Å². The van der Waals surface area contributed by atoms with Crippen molar-refractivity contribution in [3.8, 4) is 11.5 Å². The molecule has 0 radical (unpaired) electrons. The van der Waals surface area contributed by atoms with E-state index >= 15 is 0 Å². The highest BCUT2D eigenvalue weighted by Crippen LogP contribution is 2.34. The van der Waals surface area contributed by atoms with Crippen molar-refractivity contribution in [2.45, 2.75) is 26.6 Å². The highest BCUT2D eigenvalue weighted by atomic mass is 16.6. The smallest absolute Gasteiger partial charge is 0.163 e. The average Bonchev–Trinajstić information content (AvgIpc) is 2.42. The lowest BCUT2D eigenvalue weighted by Gasteiger charge is -2.21. The predicted molar refractivity (Wildman–Crippen MR) is 72.6 cm³/mol. The number of nitrogen functional groups attached to an aromatic ring is 1. The molecule has 5 heteroatoms. The number of anilines is 1. The van der Waals surface area contributed by atoms with E-state index in [0.717, 1.165) is 11.3 Å². The highest BCUT2D eigenvalue weighted by molar-refractivity contribution is 5.58. The molecule has 0 fully saturated rings. The second kappa shape index (κ2) is 6.63. The van der Waals surface area contributed by atoms with Gasteiger partial charge in [0, 0.05) is 23.9 Å². The van der Waals surface area contributed by atoms with E-state index in [1.165, 1.54) is 0 Å². The Morgan fingerprint density at radius 2 is 1.95 bits per heavy atom. The lowest BCUT2D eigenvalue weighted by Crippen LogP contribution is -2.18. The second-order valence-electron chi connectivity index (χ2n) is 4.48. The van der Waals surface area contributed by atoms with Gasteiger partial charge in [0.05, 0.1) is 19.3 Å². The summed E-state index contributed by atoms with van der Waals surface area (Å²) in [4.78, 5) is 0. The van der Waals surface area contributed by atoms with E-state index in [9.17, 15) is 0 Å². The van der Waals surface area contributed by atoms with E-state index in [1.807, 2.05) is 19.9 Å². The standard InChI is InChI=1S/C14H21NO4/c1-3-16-8-10(2)19-9-11-6-13-14(7-12(11)15)18-5-4-17-13/h6-7,10H,3-5,8-9,15H2,1-2H3. The Bertz CT molecular complexity index is 422. The molecule has 0 saturated heterocycles. The number of benzene rings is 1. The summed E-state index contributed by atoms with van der Waals surface area (Å²) in [7, 11) is 0. The van der Waals surface area contributed by atoms with Crippen molar-refractivity contribution in [3.05, 3.63) is 17.7 Å². The van der Waals surface area contributed by atoms with Gasteiger partial charge in [0.1, 0.15) is 13.2 Å². The second-order valence-corrected chi connectivity index (χ2v) is 4.48. The maximum atomic E-state index is 5.98. The van der Waals surface area contributed by atoms with Gasteiger partial charge < -0.3 is 24.7 Å². The minimum atomic E-state index is 0.0348. The topological polar surface area (TPSA) is 62.9 Å². The highest BCUT2D eigenvalue weighted by Gasteiger charge is 2.15. The van der Waals surface area contributed by atoms with E-state index in [0.29, 0.717) is 44.5 Å². The number of hydrogen-bond acceptors (Lipinski definition) is 5. The molecular formula is C14H21NO4. The normalized spacial score (nSPS) is 15.3. The van der Waals surface area contributed by atoms with Gasteiger partial charge in [-0.05, 0) is 19.9 Å². The zero-order valence-electron chi connectivity index (χ0n) is 11.5. The van der Waals surface area contributed by atoms with Crippen molar-refractivity contribution in [3.63, 3.8) is 0 Å². The van der Waals surface area contributed by atoms with Crippen LogP contribution in [-0.2, 0) is 16.1 Å². The SMILES string of the molecule is CCOCC(C)OCc1cc2c(cc1N)OCCO2. The number of fused-ring (bicyclic) bond motifs is 1. The fraction of sp³-hybridized carbons (Fsp3) is 0.571. The van der Waals surface area contributed by atoms with Gasteiger partial charge in [-0.2, -0.15) is 0 Å². The lowest BCUT2D eigenvalue weighted by molar-refractivity contribution is -0.0115. The first-order valence-corrected chi connectivity index (χ1v) is 6.58. The molecule has 106 valence electrons. The van der Waals surface area contributed by atoms with Gasteiger partial charge in [-0.1, -0.05) is 0 Å². The summed E-state index contributed by atoms with van der Waals surface area (Å²) < 4.78 is 22.0. The summed E-state index contributed by atoms with van der Waals surface area (Å²) in [5, 5.41) is 0. The molecule has 0 aliphatic carbocycles. The summed E-state index contributed by atoms with van der Waals surface area (Å²) >= 11 is 0. The lowest BCUT2D eigenvalue weighted by atomic mass is 10.1. The van der Waals surface area contributed by atoms with E-state index in [1.54, 1.807) is 6.07 Å². The van der Waals surface area contributed by atoms with Gasteiger partial charge in [-0.15, -0.1) is 0 Å². The minimum Gasteiger partial charge on any atom is -0.486 e. The van der Waals surface area contributed by atoms with Gasteiger partial charge >= 0.3 is 0 Å². The van der Waals surface area contributed by atoms with Crippen molar-refractivity contribution < 1.29 is 18.9 Å². The van der Waals surface area contributed by atoms with E-state index < -0.39 is 0 Å². The molecular weight excluding hydrogens is 246 g/mol. The van der Waals surface area contributed by atoms with Crippen molar-refractivity contribution in [2.24, 2.45) is 0 Å². The van der Waals surface area contributed by atoms with Crippen LogP contribution in [0.1, 0.15) is 19.4 Å². The van der Waals surface area contributed by atoms with Crippen LogP contribution in [-0.4, -0.2) is 32.5 Å².